The number of phenolic OH excluding ortho intramolecular Hbond substituents is 1. The quantitative estimate of drug-likeness (QED) is 0.344. The Morgan fingerprint density at radius 1 is 0.889 bits per heavy atom. The molecule has 3 aromatic carbocycles. The van der Waals surface area contributed by atoms with E-state index >= 15 is 0 Å². The van der Waals surface area contributed by atoms with E-state index in [-0.39, 0.29) is 23.7 Å². The third kappa shape index (κ3) is 5.71. The lowest BCUT2D eigenvalue weighted by molar-refractivity contribution is -0.133. The topological polar surface area (TPSA) is 83.0 Å². The van der Waals surface area contributed by atoms with Crippen molar-refractivity contribution in [3.63, 3.8) is 0 Å². The number of hydrogen-bond acceptors (Lipinski definition) is 8. The second-order valence-electron chi connectivity index (χ2n) is 13.2. The van der Waals surface area contributed by atoms with Gasteiger partial charge in [0.05, 0.1) is 24.9 Å². The number of aromatic hydroxyl groups is 1. The van der Waals surface area contributed by atoms with Gasteiger partial charge in [-0.3, -0.25) is 19.5 Å². The van der Waals surface area contributed by atoms with Gasteiger partial charge in [0.2, 0.25) is 0 Å². The molecule has 3 aromatic rings. The van der Waals surface area contributed by atoms with E-state index in [0.29, 0.717) is 52.2 Å². The monoisotopic (exact) mass is 614 g/mol. The van der Waals surface area contributed by atoms with Crippen molar-refractivity contribution in [2.45, 2.75) is 31.0 Å². The summed E-state index contributed by atoms with van der Waals surface area (Å²) in [6.45, 7) is 4.91. The number of anilines is 2. The van der Waals surface area contributed by atoms with Crippen LogP contribution in [0.4, 0.5) is 16.2 Å². The largest absolute Gasteiger partial charge is 0.506 e. The second-order valence-corrected chi connectivity index (χ2v) is 13.2. The molecule has 0 unspecified atom stereocenters. The van der Waals surface area contributed by atoms with Gasteiger partial charge in [-0.05, 0) is 54.6 Å². The normalized spacial score (nSPS) is 22.1. The molecule has 10 heteroatoms. The predicted octanol–water partition coefficient (Wildman–Crippen LogP) is 3.98. The van der Waals surface area contributed by atoms with Gasteiger partial charge in [0, 0.05) is 78.5 Å². The van der Waals surface area contributed by atoms with Crippen LogP contribution in [0.5, 0.6) is 5.75 Å². The summed E-state index contributed by atoms with van der Waals surface area (Å²) in [5.41, 5.74) is 2.95. The Labute approximate surface area is 266 Å². The molecule has 2 atom stereocenters. The summed E-state index contributed by atoms with van der Waals surface area (Å²) in [7, 11) is 9.87. The van der Waals surface area contributed by atoms with E-state index in [1.807, 2.05) is 69.3 Å². The molecule has 45 heavy (non-hydrogen) atoms. The van der Waals surface area contributed by atoms with Crippen LogP contribution in [0.25, 0.3) is 10.8 Å². The van der Waals surface area contributed by atoms with Gasteiger partial charge in [0.25, 0.3) is 5.91 Å². The van der Waals surface area contributed by atoms with Gasteiger partial charge < -0.3 is 24.5 Å². The van der Waals surface area contributed by atoms with Crippen LogP contribution in [0.2, 0.25) is 0 Å². The molecule has 3 saturated heterocycles. The van der Waals surface area contributed by atoms with E-state index in [1.165, 1.54) is 4.90 Å². The predicted molar refractivity (Wildman–Crippen MR) is 178 cm³/mol. The Morgan fingerprint density at radius 2 is 1.58 bits per heavy atom. The number of likely N-dealkylation sites (N-methyl/N-ethyl adjacent to an activating group) is 1. The molecule has 6 rings (SSSR count). The maximum atomic E-state index is 14.5. The van der Waals surface area contributed by atoms with Crippen molar-refractivity contribution in [2.75, 3.05) is 91.0 Å². The number of hydrogen-bond donors (Lipinski definition) is 1. The average molecular weight is 615 g/mol. The van der Waals surface area contributed by atoms with Crippen LogP contribution in [0.15, 0.2) is 54.6 Å². The number of carbonyl (C=O) groups is 2. The van der Waals surface area contributed by atoms with Crippen molar-refractivity contribution in [1.82, 2.24) is 19.6 Å². The fourth-order valence-electron chi connectivity index (χ4n) is 7.55. The molecule has 0 saturated carbocycles. The lowest BCUT2D eigenvalue weighted by Gasteiger charge is -2.35. The summed E-state index contributed by atoms with van der Waals surface area (Å²) in [5.74, 6) is 0.121. The summed E-state index contributed by atoms with van der Waals surface area (Å²) in [4.78, 5) is 40.6. The number of fused-ring (bicyclic) bond motifs is 2. The van der Waals surface area contributed by atoms with E-state index < -0.39 is 5.54 Å². The van der Waals surface area contributed by atoms with Crippen molar-refractivity contribution in [1.29, 1.82) is 0 Å². The van der Waals surface area contributed by atoms with Gasteiger partial charge in [0.15, 0.2) is 0 Å². The molecule has 0 aromatic heterocycles. The summed E-state index contributed by atoms with van der Waals surface area (Å²) in [6.07, 6.45) is 1.31. The van der Waals surface area contributed by atoms with Gasteiger partial charge in [-0.15, -0.1) is 0 Å². The maximum Gasteiger partial charge on any atom is 0.328 e. The second kappa shape index (κ2) is 12.5. The molecule has 10 nitrogen and oxygen atoms in total. The Kier molecular flexibility index (Phi) is 8.65. The van der Waals surface area contributed by atoms with Crippen LogP contribution >= 0.6 is 0 Å². The van der Waals surface area contributed by atoms with Crippen molar-refractivity contribution in [3.05, 3.63) is 65.7 Å². The fourth-order valence-corrected chi connectivity index (χ4v) is 7.55. The number of imide groups is 1. The van der Waals surface area contributed by atoms with Gasteiger partial charge in [-0.1, -0.05) is 36.4 Å². The lowest BCUT2D eigenvalue weighted by Crippen LogP contribution is -2.53. The third-order valence-electron chi connectivity index (χ3n) is 9.71. The van der Waals surface area contributed by atoms with Crippen LogP contribution < -0.4 is 9.80 Å². The fraction of sp³-hybridized carbons (Fsp3) is 0.486. The molecule has 0 radical (unpaired) electrons. The first kappa shape index (κ1) is 31.1. The standard InChI is InChI=1S/C35H46N6O4/c1-36(2)29-13-11-28(26-8-6-7-9-27(26)29)30-14-15-35(24-38(5)23-25-10-12-31(37(3)4)32(42)22-25)33(43)40(34(44)41(30)35)17-16-39-18-20-45-21-19-39/h6-13,22,30,42H,14-21,23-24H2,1-5H3/t30-,35-/m1/s1. The number of morpholine rings is 1. The first-order valence-corrected chi connectivity index (χ1v) is 15.9. The number of benzene rings is 3. The molecule has 3 aliphatic heterocycles. The van der Waals surface area contributed by atoms with Crippen LogP contribution in [-0.2, 0) is 16.1 Å². The van der Waals surface area contributed by atoms with Gasteiger partial charge in [0.1, 0.15) is 11.3 Å². The Hall–Kier alpha value is -3.86. The highest BCUT2D eigenvalue weighted by atomic mass is 16.5. The Morgan fingerprint density at radius 3 is 2.27 bits per heavy atom. The zero-order valence-corrected chi connectivity index (χ0v) is 27.2. The maximum absolute atomic E-state index is 14.5. The lowest BCUT2D eigenvalue weighted by atomic mass is 9.94. The van der Waals surface area contributed by atoms with E-state index in [0.717, 1.165) is 46.4 Å². The Bertz CT molecular complexity index is 1570. The number of rotatable bonds is 10. The van der Waals surface area contributed by atoms with E-state index in [9.17, 15) is 14.7 Å². The molecule has 0 spiro atoms. The third-order valence-corrected chi connectivity index (χ3v) is 9.71. The molecule has 3 fully saturated rings. The molecule has 0 bridgehead atoms. The molecular weight excluding hydrogens is 568 g/mol. The van der Waals surface area contributed by atoms with Crippen molar-refractivity contribution in [3.8, 4) is 5.75 Å². The molecule has 3 aliphatic rings. The number of ether oxygens (including phenoxy) is 1. The minimum atomic E-state index is -0.964. The van der Waals surface area contributed by atoms with Gasteiger partial charge >= 0.3 is 6.03 Å². The molecule has 0 aliphatic carbocycles. The minimum Gasteiger partial charge on any atom is -0.506 e. The van der Waals surface area contributed by atoms with E-state index in [2.05, 4.69) is 39.0 Å². The highest BCUT2D eigenvalue weighted by molar-refractivity contribution is 6.08. The molecule has 3 heterocycles. The Balaban J connectivity index is 1.33. The highest BCUT2D eigenvalue weighted by Gasteiger charge is 2.63. The smallest absolute Gasteiger partial charge is 0.328 e. The van der Waals surface area contributed by atoms with Crippen LogP contribution in [0.3, 0.4) is 0 Å². The summed E-state index contributed by atoms with van der Waals surface area (Å²) < 4.78 is 5.51. The summed E-state index contributed by atoms with van der Waals surface area (Å²) in [5, 5.41) is 12.8. The average Bonchev–Trinajstić information content (AvgIpc) is 3.48. The molecule has 240 valence electrons. The van der Waals surface area contributed by atoms with E-state index in [4.69, 9.17) is 4.74 Å². The van der Waals surface area contributed by atoms with Crippen molar-refractivity contribution < 1.29 is 19.4 Å². The summed E-state index contributed by atoms with van der Waals surface area (Å²) >= 11 is 0. The van der Waals surface area contributed by atoms with Crippen molar-refractivity contribution in [2.24, 2.45) is 0 Å². The van der Waals surface area contributed by atoms with Crippen LogP contribution in [0.1, 0.15) is 30.0 Å². The number of urea groups is 1. The molecular formula is C35H46N6O4. The first-order chi connectivity index (χ1) is 21.6. The molecule has 3 amide bonds. The first-order valence-electron chi connectivity index (χ1n) is 15.9. The zero-order chi connectivity index (χ0) is 31.9. The van der Waals surface area contributed by atoms with E-state index in [1.54, 1.807) is 6.07 Å². The number of carbonyl (C=O) groups excluding carboxylic acids is 2. The van der Waals surface area contributed by atoms with Crippen LogP contribution in [-0.4, -0.2) is 123 Å². The summed E-state index contributed by atoms with van der Waals surface area (Å²) in [6, 6.07) is 17.9. The highest BCUT2D eigenvalue weighted by Crippen LogP contribution is 2.50. The number of amides is 3. The van der Waals surface area contributed by atoms with Gasteiger partial charge in [-0.2, -0.15) is 0 Å². The van der Waals surface area contributed by atoms with Crippen LogP contribution in [0, 0.1) is 0 Å². The zero-order valence-electron chi connectivity index (χ0n) is 27.2. The number of nitrogens with zero attached hydrogens (tertiary/aromatic N) is 6. The minimum absolute atomic E-state index is 0.102. The van der Waals surface area contributed by atoms with Crippen molar-refractivity contribution >= 4 is 34.1 Å². The number of phenols is 1. The SMILES string of the molecule is CN(Cc1ccc(N(C)C)c(O)c1)C[C@@]12CC[C@H](c3ccc(N(C)C)c4ccccc34)N1C(=O)N(CCN1CCOCC1)C2=O. The molecule has 1 N–H and O–H groups in total. The van der Waals surface area contributed by atoms with Gasteiger partial charge in [-0.25, -0.2) is 4.79 Å².